The molecule has 3 heterocycles. The molecule has 3 aliphatic rings. The summed E-state index contributed by atoms with van der Waals surface area (Å²) in [5.41, 5.74) is 2.23. The number of benzene rings is 1. The zero-order valence-corrected chi connectivity index (χ0v) is 21.2. The highest BCUT2D eigenvalue weighted by molar-refractivity contribution is 7.18. The van der Waals surface area contributed by atoms with Gasteiger partial charge in [-0.3, -0.25) is 4.79 Å². The van der Waals surface area contributed by atoms with Crippen molar-refractivity contribution in [3.8, 4) is 11.1 Å². The number of hydrogen-bond donors (Lipinski definition) is 2. The van der Waals surface area contributed by atoms with E-state index in [-0.39, 0.29) is 18.0 Å². The molecule has 188 valence electrons. The number of nitrogens with one attached hydrogen (secondary N) is 2. The maximum atomic E-state index is 13.2. The number of piperidine rings is 1. The van der Waals surface area contributed by atoms with Crippen molar-refractivity contribution >= 4 is 28.3 Å². The number of thiophene rings is 1. The lowest BCUT2D eigenvalue weighted by atomic mass is 9.95. The Labute approximate surface area is 211 Å². The molecular formula is C27H36N4O3S. The highest BCUT2D eigenvalue weighted by Gasteiger charge is 2.27. The number of amides is 3. The zero-order valence-electron chi connectivity index (χ0n) is 20.3. The third-order valence-electron chi connectivity index (χ3n) is 7.37. The van der Waals surface area contributed by atoms with Gasteiger partial charge >= 0.3 is 6.03 Å². The molecule has 2 N–H and O–H groups in total. The predicted molar refractivity (Wildman–Crippen MR) is 140 cm³/mol. The smallest absolute Gasteiger partial charge is 0.317 e. The minimum Gasteiger partial charge on any atom is -0.378 e. The van der Waals surface area contributed by atoms with Crippen LogP contribution in [0.15, 0.2) is 36.4 Å². The van der Waals surface area contributed by atoms with Crippen LogP contribution in [0.25, 0.3) is 11.1 Å². The van der Waals surface area contributed by atoms with E-state index in [4.69, 9.17) is 4.74 Å². The average Bonchev–Trinajstić information content (AvgIpc) is 3.37. The maximum absolute atomic E-state index is 13.2. The quantitative estimate of drug-likeness (QED) is 0.640. The van der Waals surface area contributed by atoms with Crippen molar-refractivity contribution in [2.24, 2.45) is 0 Å². The van der Waals surface area contributed by atoms with E-state index in [0.717, 1.165) is 59.8 Å². The van der Waals surface area contributed by atoms with Crippen LogP contribution < -0.4 is 15.5 Å². The zero-order chi connectivity index (χ0) is 24.0. The number of carbonyl (C=O) groups is 2. The van der Waals surface area contributed by atoms with Gasteiger partial charge in [-0.1, -0.05) is 49.6 Å². The molecule has 8 heteroatoms. The van der Waals surface area contributed by atoms with Crippen molar-refractivity contribution in [1.82, 2.24) is 15.5 Å². The second-order valence-electron chi connectivity index (χ2n) is 9.81. The number of carbonyl (C=O) groups excluding carboxylic acids is 2. The van der Waals surface area contributed by atoms with E-state index in [0.29, 0.717) is 32.3 Å². The molecule has 3 amide bonds. The third-order valence-corrected chi connectivity index (χ3v) is 8.56. The molecule has 0 radical (unpaired) electrons. The van der Waals surface area contributed by atoms with Crippen LogP contribution in [0.5, 0.6) is 0 Å². The van der Waals surface area contributed by atoms with E-state index < -0.39 is 0 Å². The first-order valence-corrected chi connectivity index (χ1v) is 13.9. The van der Waals surface area contributed by atoms with E-state index in [1.165, 1.54) is 19.3 Å². The molecule has 0 bridgehead atoms. The summed E-state index contributed by atoms with van der Waals surface area (Å²) in [6.07, 6.45) is 7.46. The summed E-state index contributed by atoms with van der Waals surface area (Å²) in [4.78, 5) is 30.9. The lowest BCUT2D eigenvalue weighted by molar-refractivity contribution is 0.0921. The number of anilines is 1. The number of morpholine rings is 1. The number of urea groups is 1. The monoisotopic (exact) mass is 496 g/mol. The minimum atomic E-state index is -0.0169. The Bertz CT molecular complexity index is 991. The summed E-state index contributed by atoms with van der Waals surface area (Å²) in [5, 5.41) is 7.59. The maximum Gasteiger partial charge on any atom is 0.317 e. The van der Waals surface area contributed by atoms with E-state index in [2.05, 4.69) is 27.7 Å². The predicted octanol–water partition coefficient (Wildman–Crippen LogP) is 4.49. The SMILES string of the molecule is O=C(NC1CCN(C(=O)NC2CCCCC2)CC1)c1cc(-c2ccccc2)c(N2CCOCC2)s1. The third kappa shape index (κ3) is 5.98. The normalized spacial score (nSPS) is 20.0. The molecule has 2 aliphatic heterocycles. The van der Waals surface area contributed by atoms with Crippen molar-refractivity contribution in [3.05, 3.63) is 41.3 Å². The topological polar surface area (TPSA) is 73.9 Å². The van der Waals surface area contributed by atoms with E-state index in [9.17, 15) is 9.59 Å². The van der Waals surface area contributed by atoms with Gasteiger partial charge in [0.15, 0.2) is 0 Å². The summed E-state index contributed by atoms with van der Waals surface area (Å²) >= 11 is 1.57. The molecule has 0 spiro atoms. The summed E-state index contributed by atoms with van der Waals surface area (Å²) in [5.74, 6) is -0.0169. The molecule has 5 rings (SSSR count). The summed E-state index contributed by atoms with van der Waals surface area (Å²) in [6, 6.07) is 12.8. The van der Waals surface area contributed by atoms with E-state index in [1.807, 2.05) is 29.2 Å². The second-order valence-corrected chi connectivity index (χ2v) is 10.8. The van der Waals surface area contributed by atoms with Gasteiger partial charge in [0.05, 0.1) is 23.1 Å². The van der Waals surface area contributed by atoms with E-state index in [1.54, 1.807) is 11.3 Å². The average molecular weight is 497 g/mol. The molecule has 0 unspecified atom stereocenters. The van der Waals surface area contributed by atoms with Crippen molar-refractivity contribution in [2.75, 3.05) is 44.3 Å². The van der Waals surface area contributed by atoms with Gasteiger partial charge in [-0.05, 0) is 37.3 Å². The van der Waals surface area contributed by atoms with Crippen LogP contribution in [0.3, 0.4) is 0 Å². The molecule has 0 atom stereocenters. The molecule has 1 aliphatic carbocycles. The van der Waals surface area contributed by atoms with Crippen LogP contribution in [-0.4, -0.2) is 68.3 Å². The largest absolute Gasteiger partial charge is 0.378 e. The number of likely N-dealkylation sites (tertiary alicyclic amines) is 1. The fraction of sp³-hybridized carbons (Fsp3) is 0.556. The van der Waals surface area contributed by atoms with Crippen molar-refractivity contribution in [3.63, 3.8) is 0 Å². The van der Waals surface area contributed by atoms with Gasteiger partial charge in [0.2, 0.25) is 0 Å². The van der Waals surface area contributed by atoms with Crippen LogP contribution in [0.1, 0.15) is 54.6 Å². The Morgan fingerprint density at radius 2 is 1.54 bits per heavy atom. The molecular weight excluding hydrogens is 460 g/mol. The van der Waals surface area contributed by atoms with Crippen LogP contribution in [0, 0.1) is 0 Å². The van der Waals surface area contributed by atoms with Crippen LogP contribution in [-0.2, 0) is 4.74 Å². The van der Waals surface area contributed by atoms with E-state index >= 15 is 0 Å². The molecule has 1 aromatic heterocycles. The number of rotatable bonds is 5. The van der Waals surface area contributed by atoms with Gasteiger partial charge in [-0.2, -0.15) is 0 Å². The van der Waals surface area contributed by atoms with Crippen molar-refractivity contribution < 1.29 is 14.3 Å². The van der Waals surface area contributed by atoms with Gasteiger partial charge in [-0.15, -0.1) is 11.3 Å². The first-order chi connectivity index (χ1) is 17.2. The Balaban J connectivity index is 1.20. The number of nitrogens with zero attached hydrogens (tertiary/aromatic N) is 2. The highest BCUT2D eigenvalue weighted by Crippen LogP contribution is 2.39. The lowest BCUT2D eigenvalue weighted by Gasteiger charge is -2.34. The van der Waals surface area contributed by atoms with Crippen LogP contribution >= 0.6 is 11.3 Å². The molecule has 7 nitrogen and oxygen atoms in total. The molecule has 1 aromatic carbocycles. The van der Waals surface area contributed by atoms with Crippen molar-refractivity contribution in [1.29, 1.82) is 0 Å². The Morgan fingerprint density at radius 3 is 2.26 bits per heavy atom. The van der Waals surface area contributed by atoms with Gasteiger partial charge < -0.3 is 25.2 Å². The molecule has 35 heavy (non-hydrogen) atoms. The number of ether oxygens (including phenoxy) is 1. The lowest BCUT2D eigenvalue weighted by Crippen LogP contribution is -2.51. The first-order valence-electron chi connectivity index (χ1n) is 13.1. The Kier molecular flexibility index (Phi) is 7.88. The van der Waals surface area contributed by atoms with Gasteiger partial charge in [0.1, 0.15) is 0 Å². The Morgan fingerprint density at radius 1 is 0.857 bits per heavy atom. The summed E-state index contributed by atoms with van der Waals surface area (Å²) in [7, 11) is 0. The van der Waals surface area contributed by atoms with Gasteiger partial charge in [0.25, 0.3) is 5.91 Å². The molecule has 2 aromatic rings. The number of hydrogen-bond acceptors (Lipinski definition) is 5. The standard InChI is InChI=1S/C27H36N4O3S/c32-25(28-22-11-13-31(14-12-22)27(33)29-21-9-5-2-6-10-21)24-19-23(20-7-3-1-4-8-20)26(35-24)30-15-17-34-18-16-30/h1,3-4,7-8,19,21-22H,2,5-6,9-18H2,(H,28,32)(H,29,33). The minimum absolute atomic E-state index is 0.0169. The molecule has 3 fully saturated rings. The van der Waals surface area contributed by atoms with Gasteiger partial charge in [0, 0.05) is 43.8 Å². The second kappa shape index (κ2) is 11.4. The summed E-state index contributed by atoms with van der Waals surface area (Å²) < 4.78 is 5.54. The molecule has 2 saturated heterocycles. The van der Waals surface area contributed by atoms with Crippen LogP contribution in [0.4, 0.5) is 9.80 Å². The Hall–Kier alpha value is -2.58. The highest BCUT2D eigenvalue weighted by atomic mass is 32.1. The summed E-state index contributed by atoms with van der Waals surface area (Å²) in [6.45, 7) is 4.46. The van der Waals surface area contributed by atoms with Gasteiger partial charge in [-0.25, -0.2) is 4.79 Å². The fourth-order valence-electron chi connectivity index (χ4n) is 5.32. The van der Waals surface area contributed by atoms with Crippen LogP contribution in [0.2, 0.25) is 0 Å². The molecule has 1 saturated carbocycles. The fourth-order valence-corrected chi connectivity index (χ4v) is 6.45. The first kappa shape index (κ1) is 24.1. The van der Waals surface area contributed by atoms with Crippen molar-refractivity contribution in [2.45, 2.75) is 57.0 Å².